The Hall–Kier alpha value is -1.40. The normalized spacial score (nSPS) is 17.2. The molecule has 2 heterocycles. The number of carbonyl (C=O) groups is 1. The Morgan fingerprint density at radius 3 is 3.00 bits per heavy atom. The van der Waals surface area contributed by atoms with E-state index in [1.54, 1.807) is 12.4 Å². The summed E-state index contributed by atoms with van der Waals surface area (Å²) in [7, 11) is 0. The van der Waals surface area contributed by atoms with Gasteiger partial charge >= 0.3 is 0 Å². The molecule has 0 bridgehead atoms. The molecule has 0 aromatic carbocycles. The third-order valence-corrected chi connectivity index (χ3v) is 2.62. The number of amides is 1. The standard InChI is InChI=1S/C10H17N5O/c16-10(8-15-3-1-11-2-4-15)12-5-9-6-13-14-7-9/h6-7,11H,1-5,8H2,(H,12,16)(H,13,14). The van der Waals surface area contributed by atoms with Crippen molar-refractivity contribution < 1.29 is 4.79 Å². The lowest BCUT2D eigenvalue weighted by Crippen LogP contribution is -2.47. The van der Waals surface area contributed by atoms with Crippen LogP contribution in [-0.4, -0.2) is 53.7 Å². The van der Waals surface area contributed by atoms with Gasteiger partial charge in [0.05, 0.1) is 12.7 Å². The van der Waals surface area contributed by atoms with E-state index >= 15 is 0 Å². The van der Waals surface area contributed by atoms with Crippen LogP contribution in [0.25, 0.3) is 0 Å². The van der Waals surface area contributed by atoms with Gasteiger partial charge in [0, 0.05) is 44.5 Å². The topological polar surface area (TPSA) is 73.1 Å². The maximum Gasteiger partial charge on any atom is 0.234 e. The second kappa shape index (κ2) is 5.62. The molecule has 0 spiro atoms. The number of hydrogen-bond acceptors (Lipinski definition) is 4. The van der Waals surface area contributed by atoms with E-state index in [0.29, 0.717) is 13.1 Å². The van der Waals surface area contributed by atoms with Gasteiger partial charge in [0.2, 0.25) is 5.91 Å². The first-order chi connectivity index (χ1) is 7.84. The Kier molecular flexibility index (Phi) is 3.90. The van der Waals surface area contributed by atoms with Crippen molar-refractivity contribution in [3.05, 3.63) is 18.0 Å². The highest BCUT2D eigenvalue weighted by atomic mass is 16.2. The van der Waals surface area contributed by atoms with Crippen LogP contribution >= 0.6 is 0 Å². The lowest BCUT2D eigenvalue weighted by molar-refractivity contribution is -0.122. The summed E-state index contributed by atoms with van der Waals surface area (Å²) in [4.78, 5) is 13.8. The summed E-state index contributed by atoms with van der Waals surface area (Å²) in [5.74, 6) is 0.0723. The highest BCUT2D eigenvalue weighted by Gasteiger charge is 2.12. The van der Waals surface area contributed by atoms with Gasteiger partial charge in [-0.25, -0.2) is 0 Å². The number of H-pyrrole nitrogens is 1. The van der Waals surface area contributed by atoms with Gasteiger partial charge in [-0.15, -0.1) is 0 Å². The molecule has 6 nitrogen and oxygen atoms in total. The van der Waals surface area contributed by atoms with E-state index in [2.05, 4.69) is 25.7 Å². The number of nitrogens with zero attached hydrogens (tertiary/aromatic N) is 2. The SMILES string of the molecule is O=C(CN1CCNCC1)NCc1cn[nH]c1. The molecule has 0 radical (unpaired) electrons. The van der Waals surface area contributed by atoms with Crippen LogP contribution in [0, 0.1) is 0 Å². The first-order valence-electron chi connectivity index (χ1n) is 5.52. The minimum atomic E-state index is 0.0723. The molecule has 1 saturated heterocycles. The van der Waals surface area contributed by atoms with Gasteiger partial charge in [0.25, 0.3) is 0 Å². The molecule has 0 aliphatic carbocycles. The second-order valence-corrected chi connectivity index (χ2v) is 3.91. The van der Waals surface area contributed by atoms with E-state index in [9.17, 15) is 4.79 Å². The molecule has 0 atom stereocenters. The van der Waals surface area contributed by atoms with Crippen molar-refractivity contribution >= 4 is 5.91 Å². The largest absolute Gasteiger partial charge is 0.351 e. The van der Waals surface area contributed by atoms with Crippen LogP contribution in [0.3, 0.4) is 0 Å². The van der Waals surface area contributed by atoms with Crippen molar-refractivity contribution in [1.29, 1.82) is 0 Å². The number of hydrogen-bond donors (Lipinski definition) is 3. The summed E-state index contributed by atoms with van der Waals surface area (Å²) in [6, 6.07) is 0. The molecule has 16 heavy (non-hydrogen) atoms. The molecule has 88 valence electrons. The maximum absolute atomic E-state index is 11.6. The Morgan fingerprint density at radius 1 is 1.50 bits per heavy atom. The highest BCUT2D eigenvalue weighted by molar-refractivity contribution is 5.77. The van der Waals surface area contributed by atoms with E-state index in [4.69, 9.17) is 0 Å². The zero-order valence-corrected chi connectivity index (χ0v) is 9.20. The average molecular weight is 223 g/mol. The maximum atomic E-state index is 11.6. The van der Waals surface area contributed by atoms with E-state index in [0.717, 1.165) is 31.7 Å². The van der Waals surface area contributed by atoms with E-state index in [1.807, 2.05) is 0 Å². The molecular weight excluding hydrogens is 206 g/mol. The van der Waals surface area contributed by atoms with Crippen LogP contribution in [0.15, 0.2) is 12.4 Å². The van der Waals surface area contributed by atoms with Crippen molar-refractivity contribution in [3.8, 4) is 0 Å². The van der Waals surface area contributed by atoms with Gasteiger partial charge in [-0.3, -0.25) is 14.8 Å². The molecule has 2 rings (SSSR count). The van der Waals surface area contributed by atoms with Crippen LogP contribution in [0.4, 0.5) is 0 Å². The van der Waals surface area contributed by atoms with Crippen molar-refractivity contribution in [2.75, 3.05) is 32.7 Å². The number of piperazine rings is 1. The Morgan fingerprint density at radius 2 is 2.31 bits per heavy atom. The van der Waals surface area contributed by atoms with Crippen molar-refractivity contribution in [2.24, 2.45) is 0 Å². The monoisotopic (exact) mass is 223 g/mol. The van der Waals surface area contributed by atoms with Crippen molar-refractivity contribution in [1.82, 2.24) is 25.7 Å². The summed E-state index contributed by atoms with van der Waals surface area (Å²) >= 11 is 0. The Bertz CT molecular complexity index is 318. The fraction of sp³-hybridized carbons (Fsp3) is 0.600. The molecule has 0 saturated carbocycles. The van der Waals surface area contributed by atoms with E-state index in [1.165, 1.54) is 0 Å². The quantitative estimate of drug-likeness (QED) is 0.608. The molecule has 1 aromatic rings. The first kappa shape index (κ1) is 11.1. The average Bonchev–Trinajstić information content (AvgIpc) is 2.81. The highest BCUT2D eigenvalue weighted by Crippen LogP contribution is 1.94. The summed E-state index contributed by atoms with van der Waals surface area (Å²) in [5.41, 5.74) is 0.994. The molecule has 1 aliphatic rings. The van der Waals surface area contributed by atoms with Gasteiger partial charge in [-0.05, 0) is 0 Å². The molecule has 3 N–H and O–H groups in total. The van der Waals surface area contributed by atoms with Gasteiger partial charge in [-0.2, -0.15) is 5.10 Å². The number of carbonyl (C=O) groups excluding carboxylic acids is 1. The fourth-order valence-electron chi connectivity index (χ4n) is 1.70. The van der Waals surface area contributed by atoms with Crippen LogP contribution in [0.1, 0.15) is 5.56 Å². The molecule has 1 amide bonds. The van der Waals surface area contributed by atoms with Crippen LogP contribution in [0.2, 0.25) is 0 Å². The number of nitrogens with one attached hydrogen (secondary N) is 3. The van der Waals surface area contributed by atoms with Crippen LogP contribution < -0.4 is 10.6 Å². The third kappa shape index (κ3) is 3.32. The summed E-state index contributed by atoms with van der Waals surface area (Å²) in [6.45, 7) is 4.85. The summed E-state index contributed by atoms with van der Waals surface area (Å²) in [6.07, 6.45) is 3.50. The van der Waals surface area contributed by atoms with Crippen LogP contribution in [-0.2, 0) is 11.3 Å². The molecule has 1 aliphatic heterocycles. The lowest BCUT2D eigenvalue weighted by atomic mass is 10.3. The van der Waals surface area contributed by atoms with Gasteiger partial charge < -0.3 is 10.6 Å². The van der Waals surface area contributed by atoms with Crippen LogP contribution in [0.5, 0.6) is 0 Å². The molecule has 1 aromatic heterocycles. The summed E-state index contributed by atoms with van der Waals surface area (Å²) in [5, 5.41) is 12.7. The number of rotatable bonds is 4. The molecular formula is C10H17N5O. The molecule has 0 unspecified atom stereocenters. The zero-order chi connectivity index (χ0) is 11.2. The van der Waals surface area contributed by atoms with E-state index < -0.39 is 0 Å². The Labute approximate surface area is 94.4 Å². The van der Waals surface area contributed by atoms with Crippen molar-refractivity contribution in [3.63, 3.8) is 0 Å². The molecule has 6 heteroatoms. The van der Waals surface area contributed by atoms with Crippen molar-refractivity contribution in [2.45, 2.75) is 6.54 Å². The summed E-state index contributed by atoms with van der Waals surface area (Å²) < 4.78 is 0. The third-order valence-electron chi connectivity index (χ3n) is 2.62. The molecule has 1 fully saturated rings. The second-order valence-electron chi connectivity index (χ2n) is 3.91. The number of aromatic amines is 1. The zero-order valence-electron chi connectivity index (χ0n) is 9.20. The Balaban J connectivity index is 1.67. The number of aromatic nitrogens is 2. The minimum Gasteiger partial charge on any atom is -0.351 e. The van der Waals surface area contributed by atoms with Gasteiger partial charge in [0.1, 0.15) is 0 Å². The van der Waals surface area contributed by atoms with E-state index in [-0.39, 0.29) is 5.91 Å². The van der Waals surface area contributed by atoms with Gasteiger partial charge in [-0.1, -0.05) is 0 Å². The fourth-order valence-corrected chi connectivity index (χ4v) is 1.70. The smallest absolute Gasteiger partial charge is 0.234 e. The predicted octanol–water partition coefficient (Wildman–Crippen LogP) is -1.07. The minimum absolute atomic E-state index is 0.0723. The predicted molar refractivity (Wildman–Crippen MR) is 59.7 cm³/mol. The van der Waals surface area contributed by atoms with Gasteiger partial charge in [0.15, 0.2) is 0 Å². The lowest BCUT2D eigenvalue weighted by Gasteiger charge is -2.26. The first-order valence-corrected chi connectivity index (χ1v) is 5.52.